The van der Waals surface area contributed by atoms with Crippen molar-refractivity contribution in [3.63, 3.8) is 0 Å². The standard InChI is InChI=1S/C19H22N2O2S2/c1-3-20(18(23)16-9-6-12-24-16)10-11-21-17(22)13-25-19(21)15-8-5-4-7-14(15)2/h4-9,12,19H,3,10-11,13H2,1-2H3/t19-/m1/s1. The highest BCUT2D eigenvalue weighted by atomic mass is 32.2. The molecule has 6 heteroatoms. The Morgan fingerprint density at radius 1 is 1.28 bits per heavy atom. The highest BCUT2D eigenvalue weighted by molar-refractivity contribution is 8.00. The molecular weight excluding hydrogens is 352 g/mol. The van der Waals surface area contributed by atoms with E-state index in [4.69, 9.17) is 0 Å². The molecule has 1 aromatic carbocycles. The van der Waals surface area contributed by atoms with Gasteiger partial charge >= 0.3 is 0 Å². The number of carbonyl (C=O) groups excluding carboxylic acids is 2. The first-order valence-corrected chi connectivity index (χ1v) is 10.3. The molecule has 0 aliphatic carbocycles. The first-order valence-electron chi connectivity index (χ1n) is 8.41. The molecule has 0 radical (unpaired) electrons. The third-order valence-corrected chi connectivity index (χ3v) is 6.53. The second kappa shape index (κ2) is 8.06. The lowest BCUT2D eigenvalue weighted by atomic mass is 10.1. The zero-order chi connectivity index (χ0) is 17.8. The van der Waals surface area contributed by atoms with Crippen LogP contribution in [0.5, 0.6) is 0 Å². The Morgan fingerprint density at radius 3 is 2.76 bits per heavy atom. The minimum absolute atomic E-state index is 0.0456. The van der Waals surface area contributed by atoms with Crippen molar-refractivity contribution in [1.82, 2.24) is 9.80 Å². The van der Waals surface area contributed by atoms with Crippen LogP contribution < -0.4 is 0 Å². The summed E-state index contributed by atoms with van der Waals surface area (Å²) in [5, 5.41) is 1.96. The topological polar surface area (TPSA) is 40.6 Å². The molecule has 0 saturated carbocycles. The van der Waals surface area contributed by atoms with Crippen LogP contribution in [0.3, 0.4) is 0 Å². The summed E-state index contributed by atoms with van der Waals surface area (Å²) in [4.78, 5) is 29.4. The number of hydrogen-bond acceptors (Lipinski definition) is 4. The van der Waals surface area contributed by atoms with Gasteiger partial charge in [-0.05, 0) is 36.4 Å². The van der Waals surface area contributed by atoms with Crippen molar-refractivity contribution in [2.75, 3.05) is 25.4 Å². The second-order valence-corrected chi connectivity index (χ2v) is 7.99. The normalized spacial score (nSPS) is 17.1. The molecule has 4 nitrogen and oxygen atoms in total. The average molecular weight is 375 g/mol. The minimum atomic E-state index is 0.0456. The summed E-state index contributed by atoms with van der Waals surface area (Å²) in [5.74, 6) is 0.700. The summed E-state index contributed by atoms with van der Waals surface area (Å²) in [6.45, 7) is 5.82. The van der Waals surface area contributed by atoms with E-state index >= 15 is 0 Å². The van der Waals surface area contributed by atoms with Gasteiger partial charge in [0.1, 0.15) is 5.37 Å². The van der Waals surface area contributed by atoms with E-state index in [-0.39, 0.29) is 17.2 Å². The maximum Gasteiger partial charge on any atom is 0.263 e. The largest absolute Gasteiger partial charge is 0.336 e. The SMILES string of the molecule is CCN(CCN1C(=O)CS[C@@H]1c1ccccc1C)C(=O)c1cccs1. The van der Waals surface area contributed by atoms with Crippen LogP contribution in [-0.2, 0) is 4.79 Å². The van der Waals surface area contributed by atoms with E-state index in [2.05, 4.69) is 19.1 Å². The van der Waals surface area contributed by atoms with Crippen LogP contribution in [0.2, 0.25) is 0 Å². The van der Waals surface area contributed by atoms with Gasteiger partial charge in [0.05, 0.1) is 10.6 Å². The first kappa shape index (κ1) is 18.0. The third-order valence-electron chi connectivity index (χ3n) is 4.43. The molecule has 0 N–H and O–H groups in total. The predicted octanol–water partition coefficient (Wildman–Crippen LogP) is 3.79. The molecule has 0 spiro atoms. The number of carbonyl (C=O) groups is 2. The van der Waals surface area contributed by atoms with Crippen LogP contribution in [0.1, 0.15) is 33.1 Å². The molecular formula is C19H22N2O2S2. The van der Waals surface area contributed by atoms with E-state index in [0.29, 0.717) is 25.4 Å². The Kier molecular flexibility index (Phi) is 5.81. The van der Waals surface area contributed by atoms with Gasteiger partial charge in [-0.15, -0.1) is 23.1 Å². The summed E-state index contributed by atoms with van der Waals surface area (Å²) >= 11 is 3.12. The molecule has 3 rings (SSSR count). The number of amides is 2. The zero-order valence-corrected chi connectivity index (χ0v) is 16.1. The van der Waals surface area contributed by atoms with E-state index in [9.17, 15) is 9.59 Å². The second-order valence-electron chi connectivity index (χ2n) is 5.97. The minimum Gasteiger partial charge on any atom is -0.336 e. The summed E-state index contributed by atoms with van der Waals surface area (Å²) in [5.41, 5.74) is 2.38. The van der Waals surface area contributed by atoms with Crippen LogP contribution in [0.25, 0.3) is 0 Å². The van der Waals surface area contributed by atoms with Gasteiger partial charge in [0.2, 0.25) is 5.91 Å². The van der Waals surface area contributed by atoms with Gasteiger partial charge in [-0.2, -0.15) is 0 Å². The summed E-state index contributed by atoms with van der Waals surface area (Å²) in [6.07, 6.45) is 0. The van der Waals surface area contributed by atoms with Crippen molar-refractivity contribution < 1.29 is 9.59 Å². The van der Waals surface area contributed by atoms with E-state index in [0.717, 1.165) is 4.88 Å². The van der Waals surface area contributed by atoms with Crippen molar-refractivity contribution >= 4 is 34.9 Å². The molecule has 0 bridgehead atoms. The summed E-state index contributed by atoms with van der Waals surface area (Å²) < 4.78 is 0. The average Bonchev–Trinajstić information content (AvgIpc) is 3.26. The monoisotopic (exact) mass is 374 g/mol. The van der Waals surface area contributed by atoms with Crippen LogP contribution in [0, 0.1) is 6.92 Å². The number of likely N-dealkylation sites (N-methyl/N-ethyl adjacent to an activating group) is 1. The fraction of sp³-hybridized carbons (Fsp3) is 0.368. The Bertz CT molecular complexity index is 746. The molecule has 1 aromatic heterocycles. The Labute approximate surface area is 156 Å². The van der Waals surface area contributed by atoms with Gasteiger partial charge in [0.25, 0.3) is 5.91 Å². The molecule has 1 atom stereocenters. The molecule has 25 heavy (non-hydrogen) atoms. The Morgan fingerprint density at radius 2 is 2.08 bits per heavy atom. The number of nitrogens with zero attached hydrogens (tertiary/aromatic N) is 2. The van der Waals surface area contributed by atoms with Gasteiger partial charge in [-0.3, -0.25) is 9.59 Å². The molecule has 1 aliphatic rings. The predicted molar refractivity (Wildman–Crippen MR) is 104 cm³/mol. The number of aryl methyl sites for hydroxylation is 1. The van der Waals surface area contributed by atoms with Crippen LogP contribution in [0.4, 0.5) is 0 Å². The molecule has 132 valence electrons. The van der Waals surface area contributed by atoms with Crippen molar-refractivity contribution in [2.45, 2.75) is 19.2 Å². The van der Waals surface area contributed by atoms with E-state index in [1.807, 2.05) is 46.4 Å². The summed E-state index contributed by atoms with van der Waals surface area (Å²) in [7, 11) is 0. The number of thioether (sulfide) groups is 1. The maximum absolute atomic E-state index is 12.6. The number of thiophene rings is 1. The van der Waals surface area contributed by atoms with E-state index < -0.39 is 0 Å². The van der Waals surface area contributed by atoms with E-state index in [1.54, 1.807) is 11.8 Å². The summed E-state index contributed by atoms with van der Waals surface area (Å²) in [6, 6.07) is 11.9. The Hall–Kier alpha value is -1.79. The van der Waals surface area contributed by atoms with Crippen molar-refractivity contribution in [3.05, 3.63) is 57.8 Å². The highest BCUT2D eigenvalue weighted by Gasteiger charge is 2.33. The van der Waals surface area contributed by atoms with Gasteiger partial charge < -0.3 is 9.80 Å². The van der Waals surface area contributed by atoms with Crippen molar-refractivity contribution in [2.24, 2.45) is 0 Å². The fourth-order valence-electron chi connectivity index (χ4n) is 3.01. The van der Waals surface area contributed by atoms with Gasteiger partial charge in [0.15, 0.2) is 0 Å². The molecule has 0 unspecified atom stereocenters. The smallest absolute Gasteiger partial charge is 0.263 e. The Balaban J connectivity index is 1.70. The lowest BCUT2D eigenvalue weighted by molar-refractivity contribution is -0.128. The van der Waals surface area contributed by atoms with Crippen molar-refractivity contribution in [1.29, 1.82) is 0 Å². The lowest BCUT2D eigenvalue weighted by Crippen LogP contribution is -2.40. The highest BCUT2D eigenvalue weighted by Crippen LogP contribution is 2.39. The van der Waals surface area contributed by atoms with Crippen molar-refractivity contribution in [3.8, 4) is 0 Å². The van der Waals surface area contributed by atoms with Crippen LogP contribution >= 0.6 is 23.1 Å². The fourth-order valence-corrected chi connectivity index (χ4v) is 5.01. The van der Waals surface area contributed by atoms with Gasteiger partial charge in [-0.25, -0.2) is 0 Å². The number of benzene rings is 1. The molecule has 2 amide bonds. The third kappa shape index (κ3) is 3.90. The molecule has 1 saturated heterocycles. The number of hydrogen-bond donors (Lipinski definition) is 0. The van der Waals surface area contributed by atoms with Crippen LogP contribution in [0.15, 0.2) is 41.8 Å². The quantitative estimate of drug-likeness (QED) is 0.772. The molecule has 2 aromatic rings. The number of rotatable bonds is 6. The molecule has 2 heterocycles. The van der Waals surface area contributed by atoms with Gasteiger partial charge in [-0.1, -0.05) is 30.3 Å². The maximum atomic E-state index is 12.6. The van der Waals surface area contributed by atoms with E-state index in [1.165, 1.54) is 22.5 Å². The first-order chi connectivity index (χ1) is 12.1. The lowest BCUT2D eigenvalue weighted by Gasteiger charge is -2.28. The molecule has 1 aliphatic heterocycles. The zero-order valence-electron chi connectivity index (χ0n) is 14.5. The van der Waals surface area contributed by atoms with Gasteiger partial charge in [0, 0.05) is 19.6 Å². The van der Waals surface area contributed by atoms with Crippen LogP contribution in [-0.4, -0.2) is 47.0 Å². The molecule has 1 fully saturated rings.